The largest absolute Gasteiger partial charge is 0.494 e. The Labute approximate surface area is 258 Å². The molecule has 3 amide bonds. The zero-order chi connectivity index (χ0) is 30.3. The summed E-state index contributed by atoms with van der Waals surface area (Å²) < 4.78 is 17.4. The summed E-state index contributed by atoms with van der Waals surface area (Å²) in [6.07, 6.45) is 1.55. The van der Waals surface area contributed by atoms with Gasteiger partial charge in [-0.05, 0) is 90.0 Å². The summed E-state index contributed by atoms with van der Waals surface area (Å²) in [6.45, 7) is 4.48. The predicted octanol–water partition coefficient (Wildman–Crippen LogP) is 7.54. The molecule has 43 heavy (non-hydrogen) atoms. The van der Waals surface area contributed by atoms with Gasteiger partial charge >= 0.3 is 0 Å². The van der Waals surface area contributed by atoms with Gasteiger partial charge in [0.25, 0.3) is 11.1 Å². The number of benzene rings is 4. The Morgan fingerprint density at radius 3 is 2.44 bits per heavy atom. The number of fused-ring (bicyclic) bond motifs is 1. The zero-order valence-corrected chi connectivity index (χ0v) is 25.2. The van der Waals surface area contributed by atoms with E-state index in [0.717, 1.165) is 33.0 Å². The van der Waals surface area contributed by atoms with E-state index in [2.05, 4.69) is 5.32 Å². The van der Waals surface area contributed by atoms with E-state index in [0.29, 0.717) is 46.7 Å². The molecule has 0 spiro atoms. The van der Waals surface area contributed by atoms with Gasteiger partial charge in [-0.1, -0.05) is 54.1 Å². The molecule has 0 unspecified atom stereocenters. The van der Waals surface area contributed by atoms with Crippen molar-refractivity contribution in [3.63, 3.8) is 0 Å². The molecule has 1 N–H and O–H groups in total. The quantitative estimate of drug-likeness (QED) is 0.174. The first kappa shape index (κ1) is 30.0. The molecule has 0 saturated carbocycles. The van der Waals surface area contributed by atoms with Gasteiger partial charge < -0.3 is 19.5 Å². The summed E-state index contributed by atoms with van der Waals surface area (Å²) in [5, 5.41) is 4.65. The number of hydrogen-bond donors (Lipinski definition) is 1. The molecule has 1 fully saturated rings. The average molecular weight is 617 g/mol. The van der Waals surface area contributed by atoms with Crippen molar-refractivity contribution in [2.75, 3.05) is 25.1 Å². The molecule has 1 heterocycles. The van der Waals surface area contributed by atoms with Crippen molar-refractivity contribution < 1.29 is 28.6 Å². The Balaban J connectivity index is 1.29. The lowest BCUT2D eigenvalue weighted by Gasteiger charge is -2.15. The number of imide groups is 1. The van der Waals surface area contributed by atoms with E-state index in [1.807, 2.05) is 56.3 Å². The molecular formula is C33H29ClN2O6S. The number of ether oxygens (including phenoxy) is 3. The number of rotatable bonds is 11. The zero-order valence-electron chi connectivity index (χ0n) is 23.6. The third kappa shape index (κ3) is 7.13. The minimum absolute atomic E-state index is 0.168. The number of hydrogen-bond acceptors (Lipinski definition) is 7. The van der Waals surface area contributed by atoms with Gasteiger partial charge in [-0.25, -0.2) is 0 Å². The highest BCUT2D eigenvalue weighted by Crippen LogP contribution is 2.40. The van der Waals surface area contributed by atoms with Crippen molar-refractivity contribution in [1.29, 1.82) is 0 Å². The third-order valence-corrected chi connectivity index (χ3v) is 7.69. The van der Waals surface area contributed by atoms with Gasteiger partial charge in [0.1, 0.15) is 18.9 Å². The van der Waals surface area contributed by atoms with Crippen LogP contribution < -0.4 is 19.5 Å². The maximum atomic E-state index is 13.1. The number of thioether (sulfide) groups is 1. The summed E-state index contributed by atoms with van der Waals surface area (Å²) in [7, 11) is 0. The van der Waals surface area contributed by atoms with Crippen LogP contribution in [0.5, 0.6) is 17.2 Å². The number of carbonyl (C=O) groups is 3. The number of anilines is 1. The average Bonchev–Trinajstić information content (AvgIpc) is 3.25. The molecule has 0 radical (unpaired) electrons. The Morgan fingerprint density at radius 2 is 1.67 bits per heavy atom. The molecule has 0 atom stereocenters. The standard InChI is InChI=1S/C33H29ClN2O6S/c1-3-40-25-14-12-24(13-15-25)35-30(37)19-36-32(38)29(43-33(36)39)18-21-16-27(34)31(28(17-21)41-4-2)42-20-23-10-7-9-22-8-5-6-11-26(22)23/h5-18H,3-4,19-20H2,1-2H3,(H,35,37)/b29-18+. The number of amides is 3. The normalized spacial score (nSPS) is 13.9. The maximum Gasteiger partial charge on any atom is 0.294 e. The van der Waals surface area contributed by atoms with Gasteiger partial charge in [0, 0.05) is 5.69 Å². The third-order valence-electron chi connectivity index (χ3n) is 6.51. The first-order valence-electron chi connectivity index (χ1n) is 13.7. The Kier molecular flexibility index (Phi) is 9.54. The lowest BCUT2D eigenvalue weighted by molar-refractivity contribution is -0.127. The summed E-state index contributed by atoms with van der Waals surface area (Å²) in [6, 6.07) is 24.3. The summed E-state index contributed by atoms with van der Waals surface area (Å²) >= 11 is 7.40. The van der Waals surface area contributed by atoms with Crippen molar-refractivity contribution in [3.8, 4) is 17.2 Å². The van der Waals surface area contributed by atoms with Gasteiger partial charge in [0.2, 0.25) is 5.91 Å². The molecule has 1 aliphatic heterocycles. The highest BCUT2D eigenvalue weighted by molar-refractivity contribution is 8.18. The lowest BCUT2D eigenvalue weighted by Crippen LogP contribution is -2.36. The van der Waals surface area contributed by atoms with E-state index < -0.39 is 23.6 Å². The molecular weight excluding hydrogens is 588 g/mol. The molecule has 10 heteroatoms. The Hall–Kier alpha value is -4.47. The van der Waals surface area contributed by atoms with Crippen LogP contribution in [0.1, 0.15) is 25.0 Å². The topological polar surface area (TPSA) is 94.2 Å². The van der Waals surface area contributed by atoms with Gasteiger partial charge in [-0.2, -0.15) is 0 Å². The van der Waals surface area contributed by atoms with Crippen LogP contribution >= 0.6 is 23.4 Å². The van der Waals surface area contributed by atoms with E-state index in [4.69, 9.17) is 25.8 Å². The molecule has 4 aromatic carbocycles. The molecule has 4 aromatic rings. The highest BCUT2D eigenvalue weighted by Gasteiger charge is 2.36. The van der Waals surface area contributed by atoms with Gasteiger partial charge in [0.05, 0.1) is 23.1 Å². The van der Waals surface area contributed by atoms with Gasteiger partial charge in [-0.3, -0.25) is 19.3 Å². The monoisotopic (exact) mass is 616 g/mol. The molecule has 8 nitrogen and oxygen atoms in total. The number of nitrogens with zero attached hydrogens (tertiary/aromatic N) is 1. The van der Waals surface area contributed by atoms with Crippen LogP contribution in [0, 0.1) is 0 Å². The van der Waals surface area contributed by atoms with E-state index in [9.17, 15) is 14.4 Å². The molecule has 0 aromatic heterocycles. The van der Waals surface area contributed by atoms with Crippen LogP contribution in [0.15, 0.2) is 83.8 Å². The number of halogens is 1. The van der Waals surface area contributed by atoms with Crippen molar-refractivity contribution in [1.82, 2.24) is 4.90 Å². The summed E-state index contributed by atoms with van der Waals surface area (Å²) in [4.78, 5) is 39.4. The van der Waals surface area contributed by atoms with Crippen LogP contribution in [0.3, 0.4) is 0 Å². The first-order valence-corrected chi connectivity index (χ1v) is 14.9. The maximum absolute atomic E-state index is 13.1. The van der Waals surface area contributed by atoms with Crippen LogP contribution in [0.25, 0.3) is 16.8 Å². The molecule has 5 rings (SSSR count). The van der Waals surface area contributed by atoms with E-state index in [-0.39, 0.29) is 11.5 Å². The second-order valence-electron chi connectivity index (χ2n) is 9.46. The Bertz CT molecular complexity index is 1700. The van der Waals surface area contributed by atoms with Crippen molar-refractivity contribution >= 4 is 63.0 Å². The van der Waals surface area contributed by atoms with Crippen LogP contribution in [-0.4, -0.2) is 41.7 Å². The van der Waals surface area contributed by atoms with Crippen molar-refractivity contribution in [2.45, 2.75) is 20.5 Å². The summed E-state index contributed by atoms with van der Waals surface area (Å²) in [5.74, 6) is 0.404. The fraction of sp³-hybridized carbons (Fsp3) is 0.182. The number of nitrogens with one attached hydrogen (secondary N) is 1. The molecule has 1 saturated heterocycles. The molecule has 220 valence electrons. The van der Waals surface area contributed by atoms with Crippen LogP contribution in [0.4, 0.5) is 10.5 Å². The van der Waals surface area contributed by atoms with Gasteiger partial charge in [0.15, 0.2) is 11.5 Å². The van der Waals surface area contributed by atoms with Crippen LogP contribution in [0.2, 0.25) is 5.02 Å². The lowest BCUT2D eigenvalue weighted by atomic mass is 10.1. The van der Waals surface area contributed by atoms with Crippen molar-refractivity contribution in [2.24, 2.45) is 0 Å². The fourth-order valence-electron chi connectivity index (χ4n) is 4.58. The minimum atomic E-state index is -0.567. The first-order chi connectivity index (χ1) is 20.9. The smallest absolute Gasteiger partial charge is 0.294 e. The Morgan fingerprint density at radius 1 is 0.930 bits per heavy atom. The second-order valence-corrected chi connectivity index (χ2v) is 10.9. The minimum Gasteiger partial charge on any atom is -0.494 e. The predicted molar refractivity (Wildman–Crippen MR) is 170 cm³/mol. The van der Waals surface area contributed by atoms with E-state index in [1.165, 1.54) is 0 Å². The summed E-state index contributed by atoms with van der Waals surface area (Å²) in [5.41, 5.74) is 2.08. The SMILES string of the molecule is CCOc1ccc(NC(=O)CN2C(=O)S/C(=C/c3cc(Cl)c(OCc4cccc5ccccc45)c(OCC)c3)C2=O)cc1. The number of carbonyl (C=O) groups excluding carboxylic acids is 3. The molecule has 1 aliphatic rings. The van der Waals surface area contributed by atoms with Crippen molar-refractivity contribution in [3.05, 3.63) is 99.9 Å². The molecule has 0 bridgehead atoms. The van der Waals surface area contributed by atoms with Crippen LogP contribution in [-0.2, 0) is 16.2 Å². The highest BCUT2D eigenvalue weighted by atomic mass is 35.5. The fourth-order valence-corrected chi connectivity index (χ4v) is 5.69. The van der Waals surface area contributed by atoms with Gasteiger partial charge in [-0.15, -0.1) is 0 Å². The second kappa shape index (κ2) is 13.7. The van der Waals surface area contributed by atoms with E-state index >= 15 is 0 Å². The van der Waals surface area contributed by atoms with E-state index in [1.54, 1.807) is 42.5 Å². The molecule has 0 aliphatic carbocycles.